The third-order valence-corrected chi connectivity index (χ3v) is 3.27. The highest BCUT2D eigenvalue weighted by Gasteiger charge is 2.18. The molecule has 3 N–H and O–H groups in total. The molecular weight excluding hydrogens is 368 g/mol. The third-order valence-electron chi connectivity index (χ3n) is 2.95. The van der Waals surface area contributed by atoms with Crippen LogP contribution in [-0.4, -0.2) is 35.7 Å². The van der Waals surface area contributed by atoms with Crippen molar-refractivity contribution in [3.63, 3.8) is 0 Å². The zero-order valence-electron chi connectivity index (χ0n) is 13.4. The van der Waals surface area contributed by atoms with Gasteiger partial charge < -0.3 is 15.8 Å². The van der Waals surface area contributed by atoms with Crippen LogP contribution in [0.25, 0.3) is 0 Å². The van der Waals surface area contributed by atoms with E-state index in [-0.39, 0.29) is 21.9 Å². The second-order valence-corrected chi connectivity index (χ2v) is 5.27. The minimum absolute atomic E-state index is 0.00816. The molecule has 26 heavy (non-hydrogen) atoms. The summed E-state index contributed by atoms with van der Waals surface area (Å²) in [6, 6.07) is 4.97. The number of hydrogen-bond donors (Lipinski definition) is 2. The number of carbonyl (C=O) groups is 3. The van der Waals surface area contributed by atoms with Gasteiger partial charge in [0.25, 0.3) is 11.6 Å². The molecule has 0 aliphatic carbocycles. The minimum Gasteiger partial charge on any atom is -0.456 e. The van der Waals surface area contributed by atoms with E-state index in [9.17, 15) is 24.5 Å². The van der Waals surface area contributed by atoms with E-state index < -0.39 is 41.4 Å². The second kappa shape index (κ2) is 9.14. The van der Waals surface area contributed by atoms with Crippen molar-refractivity contribution in [2.24, 2.45) is 5.73 Å². The van der Waals surface area contributed by atoms with Crippen LogP contribution in [0.15, 0.2) is 29.5 Å². The summed E-state index contributed by atoms with van der Waals surface area (Å²) >= 11 is 5.64. The average molecular weight is 381 g/mol. The molecule has 0 bridgehead atoms. The van der Waals surface area contributed by atoms with Gasteiger partial charge in [-0.25, -0.2) is 0 Å². The number of nitrogens with one attached hydrogen (secondary N) is 1. The summed E-state index contributed by atoms with van der Waals surface area (Å²) in [6.45, 7) is 0.0537. The van der Waals surface area contributed by atoms with E-state index >= 15 is 0 Å². The second-order valence-electron chi connectivity index (χ2n) is 4.86. The molecule has 0 radical (unpaired) electrons. The lowest BCUT2D eigenvalue weighted by Crippen LogP contribution is -2.31. The Morgan fingerprint density at radius 3 is 2.62 bits per heavy atom. The van der Waals surface area contributed by atoms with Crippen molar-refractivity contribution in [3.8, 4) is 6.07 Å². The van der Waals surface area contributed by atoms with Crippen LogP contribution >= 0.6 is 11.6 Å². The summed E-state index contributed by atoms with van der Waals surface area (Å²) < 4.78 is 4.63. The number of ketones is 1. The summed E-state index contributed by atoms with van der Waals surface area (Å²) in [7, 11) is 0. The SMILES string of the molecule is C/C(N)=C(\C#N)C(=O)COC(=O)CNC(=O)c1ccc(Cl)c([N+](=O)[O-])c1. The van der Waals surface area contributed by atoms with E-state index in [1.54, 1.807) is 6.07 Å². The Morgan fingerprint density at radius 1 is 1.42 bits per heavy atom. The van der Waals surface area contributed by atoms with Gasteiger partial charge in [0.15, 0.2) is 6.61 Å². The van der Waals surface area contributed by atoms with Gasteiger partial charge in [0.2, 0.25) is 5.78 Å². The van der Waals surface area contributed by atoms with Crippen LogP contribution in [0, 0.1) is 21.4 Å². The van der Waals surface area contributed by atoms with E-state index in [0.29, 0.717) is 0 Å². The molecule has 0 unspecified atom stereocenters. The van der Waals surface area contributed by atoms with Gasteiger partial charge in [0.05, 0.1) is 4.92 Å². The Bertz CT molecular complexity index is 839. The first-order chi connectivity index (χ1) is 12.2. The standard InChI is InChI=1S/C15H13ClN4O6/c1-8(18)10(5-17)13(21)7-26-14(22)6-19-15(23)9-2-3-11(16)12(4-9)20(24)25/h2-4H,6-7,18H2,1H3,(H,19,23)/b10-8-. The Balaban J connectivity index is 2.61. The highest BCUT2D eigenvalue weighted by molar-refractivity contribution is 6.32. The summed E-state index contributed by atoms with van der Waals surface area (Å²) in [6.07, 6.45) is 0. The molecule has 1 aromatic rings. The smallest absolute Gasteiger partial charge is 0.325 e. The van der Waals surface area contributed by atoms with Gasteiger partial charge in [-0.2, -0.15) is 5.26 Å². The number of nitriles is 1. The van der Waals surface area contributed by atoms with Crippen molar-refractivity contribution in [2.45, 2.75) is 6.92 Å². The predicted molar refractivity (Wildman–Crippen MR) is 88.9 cm³/mol. The maximum Gasteiger partial charge on any atom is 0.325 e. The van der Waals surface area contributed by atoms with Crippen LogP contribution in [0.2, 0.25) is 5.02 Å². The highest BCUT2D eigenvalue weighted by atomic mass is 35.5. The number of Topliss-reactive ketones (excluding diaryl/α,β-unsaturated/α-hetero) is 1. The fourth-order valence-corrected chi connectivity index (χ4v) is 1.87. The topological polar surface area (TPSA) is 165 Å². The van der Waals surface area contributed by atoms with Crippen molar-refractivity contribution in [2.75, 3.05) is 13.2 Å². The quantitative estimate of drug-likeness (QED) is 0.231. The number of allylic oxidation sites excluding steroid dienone is 1. The van der Waals surface area contributed by atoms with Gasteiger partial charge in [-0.05, 0) is 19.1 Å². The zero-order chi connectivity index (χ0) is 19.9. The molecule has 1 aromatic carbocycles. The monoisotopic (exact) mass is 380 g/mol. The third kappa shape index (κ3) is 5.57. The minimum atomic E-state index is -0.942. The molecule has 0 saturated carbocycles. The number of hydrogen-bond acceptors (Lipinski definition) is 8. The Kier molecular flexibility index (Phi) is 7.24. The van der Waals surface area contributed by atoms with Crippen LogP contribution in [0.5, 0.6) is 0 Å². The molecule has 0 spiro atoms. The van der Waals surface area contributed by atoms with Crippen LogP contribution in [-0.2, 0) is 14.3 Å². The van der Waals surface area contributed by atoms with Crippen LogP contribution in [0.1, 0.15) is 17.3 Å². The molecule has 0 fully saturated rings. The number of benzene rings is 1. The summed E-state index contributed by atoms with van der Waals surface area (Å²) in [5, 5.41) is 21.6. The summed E-state index contributed by atoms with van der Waals surface area (Å²) in [5.41, 5.74) is 4.47. The Morgan fingerprint density at radius 2 is 2.08 bits per heavy atom. The lowest BCUT2D eigenvalue weighted by molar-refractivity contribution is -0.384. The van der Waals surface area contributed by atoms with Gasteiger partial charge in [0.1, 0.15) is 23.2 Å². The number of nitro benzene ring substituents is 1. The Labute approximate surface area is 152 Å². The summed E-state index contributed by atoms with van der Waals surface area (Å²) in [4.78, 5) is 45.1. The van der Waals surface area contributed by atoms with Crippen molar-refractivity contribution in [3.05, 3.63) is 50.2 Å². The van der Waals surface area contributed by atoms with Crippen molar-refractivity contribution in [1.29, 1.82) is 5.26 Å². The number of esters is 1. The first-order valence-corrected chi connectivity index (χ1v) is 7.32. The number of rotatable bonds is 7. The van der Waals surface area contributed by atoms with Gasteiger partial charge in [-0.15, -0.1) is 0 Å². The van der Waals surface area contributed by atoms with E-state index in [2.05, 4.69) is 10.1 Å². The normalized spacial score (nSPS) is 11.0. The Hall–Kier alpha value is -3.45. The van der Waals surface area contributed by atoms with Gasteiger partial charge in [-0.1, -0.05) is 11.6 Å². The average Bonchev–Trinajstić information content (AvgIpc) is 2.58. The lowest BCUT2D eigenvalue weighted by atomic mass is 10.1. The first-order valence-electron chi connectivity index (χ1n) is 6.94. The van der Waals surface area contributed by atoms with E-state index in [4.69, 9.17) is 22.6 Å². The molecule has 0 heterocycles. The molecule has 10 nitrogen and oxygen atoms in total. The summed E-state index contributed by atoms with van der Waals surface area (Å²) in [5.74, 6) is -2.49. The van der Waals surface area contributed by atoms with Gasteiger partial charge >= 0.3 is 5.97 Å². The molecule has 0 aliphatic heterocycles. The molecule has 0 aromatic heterocycles. The maximum absolute atomic E-state index is 11.9. The zero-order valence-corrected chi connectivity index (χ0v) is 14.2. The largest absolute Gasteiger partial charge is 0.456 e. The van der Waals surface area contributed by atoms with E-state index in [1.165, 1.54) is 19.1 Å². The molecule has 1 rings (SSSR count). The lowest BCUT2D eigenvalue weighted by Gasteiger charge is -2.07. The van der Waals surface area contributed by atoms with Crippen LogP contribution < -0.4 is 11.1 Å². The van der Waals surface area contributed by atoms with Crippen LogP contribution in [0.3, 0.4) is 0 Å². The van der Waals surface area contributed by atoms with Gasteiger partial charge in [0, 0.05) is 17.3 Å². The molecular formula is C15H13ClN4O6. The first kappa shape index (κ1) is 20.6. The number of halogens is 1. The predicted octanol–water partition coefficient (Wildman–Crippen LogP) is 0.847. The molecule has 0 atom stereocenters. The molecule has 11 heteroatoms. The van der Waals surface area contributed by atoms with E-state index in [1.807, 2.05) is 0 Å². The highest BCUT2D eigenvalue weighted by Crippen LogP contribution is 2.24. The molecule has 1 amide bonds. The number of carbonyl (C=O) groups excluding carboxylic acids is 3. The van der Waals surface area contributed by atoms with Crippen LogP contribution in [0.4, 0.5) is 5.69 Å². The fraction of sp³-hybridized carbons (Fsp3) is 0.200. The van der Waals surface area contributed by atoms with Crippen molar-refractivity contribution < 1.29 is 24.0 Å². The number of nitrogens with two attached hydrogens (primary N) is 1. The number of nitrogens with zero attached hydrogens (tertiary/aromatic N) is 2. The number of ether oxygens (including phenoxy) is 1. The van der Waals surface area contributed by atoms with Crippen molar-refractivity contribution in [1.82, 2.24) is 5.32 Å². The number of amides is 1. The molecule has 0 aliphatic rings. The van der Waals surface area contributed by atoms with Gasteiger partial charge in [-0.3, -0.25) is 24.5 Å². The molecule has 136 valence electrons. The fourth-order valence-electron chi connectivity index (χ4n) is 1.69. The maximum atomic E-state index is 11.9. The number of nitro groups is 1. The van der Waals surface area contributed by atoms with E-state index in [0.717, 1.165) is 6.07 Å². The molecule has 0 saturated heterocycles. The van der Waals surface area contributed by atoms with Crippen molar-refractivity contribution >= 4 is 34.9 Å².